The van der Waals surface area contributed by atoms with Gasteiger partial charge in [-0.2, -0.15) is 5.10 Å². The Morgan fingerprint density at radius 1 is 1.08 bits per heavy atom. The van der Waals surface area contributed by atoms with E-state index < -0.39 is 0 Å². The molecule has 0 saturated carbocycles. The number of carbonyl (C=O) groups is 1. The lowest BCUT2D eigenvalue weighted by Gasteiger charge is -2.10. The van der Waals surface area contributed by atoms with Crippen molar-refractivity contribution in [1.29, 1.82) is 0 Å². The number of amides is 1. The van der Waals surface area contributed by atoms with Gasteiger partial charge < -0.3 is 10.1 Å². The summed E-state index contributed by atoms with van der Waals surface area (Å²) in [6.07, 6.45) is 0. The van der Waals surface area contributed by atoms with Gasteiger partial charge in [-0.3, -0.25) is 9.48 Å². The number of rotatable bonds is 5. The Morgan fingerprint density at radius 3 is 2.48 bits per heavy atom. The van der Waals surface area contributed by atoms with Gasteiger partial charge in [0.05, 0.1) is 36.3 Å². The molecule has 3 rings (SSSR count). The molecule has 1 aromatic heterocycles. The average molecular weight is 335 g/mol. The molecule has 0 bridgehead atoms. The highest BCUT2D eigenvalue weighted by atomic mass is 16.5. The van der Waals surface area contributed by atoms with E-state index in [2.05, 4.69) is 22.5 Å². The third-order valence-corrected chi connectivity index (χ3v) is 4.15. The highest BCUT2D eigenvalue weighted by Crippen LogP contribution is 2.24. The van der Waals surface area contributed by atoms with Crippen molar-refractivity contribution in [3.8, 4) is 5.75 Å². The van der Waals surface area contributed by atoms with Gasteiger partial charge in [-0.1, -0.05) is 42.5 Å². The largest absolute Gasteiger partial charge is 0.496 e. The summed E-state index contributed by atoms with van der Waals surface area (Å²) in [7, 11) is 1.56. The van der Waals surface area contributed by atoms with Crippen LogP contribution in [0.3, 0.4) is 0 Å². The van der Waals surface area contributed by atoms with Crippen LogP contribution in [0.2, 0.25) is 0 Å². The number of hydrogen-bond donors (Lipinski definition) is 1. The minimum absolute atomic E-state index is 0.206. The van der Waals surface area contributed by atoms with Crippen LogP contribution >= 0.6 is 0 Å². The molecule has 0 radical (unpaired) electrons. The fourth-order valence-corrected chi connectivity index (χ4v) is 2.80. The molecule has 5 nitrogen and oxygen atoms in total. The van der Waals surface area contributed by atoms with Crippen LogP contribution in [-0.2, 0) is 6.54 Å². The number of carbonyl (C=O) groups excluding carboxylic acids is 1. The maximum Gasteiger partial charge on any atom is 0.259 e. The lowest BCUT2D eigenvalue weighted by molar-refractivity contribution is 0.102. The molecule has 0 unspecified atom stereocenters. The van der Waals surface area contributed by atoms with Crippen LogP contribution in [0.15, 0.2) is 54.6 Å². The molecule has 1 heterocycles. The number of hydrogen-bond acceptors (Lipinski definition) is 3. The third-order valence-electron chi connectivity index (χ3n) is 4.15. The van der Waals surface area contributed by atoms with Crippen LogP contribution in [0.25, 0.3) is 0 Å². The van der Waals surface area contributed by atoms with E-state index in [-0.39, 0.29) is 5.91 Å². The van der Waals surface area contributed by atoms with E-state index in [9.17, 15) is 4.79 Å². The highest BCUT2D eigenvalue weighted by Gasteiger charge is 2.17. The van der Waals surface area contributed by atoms with E-state index in [1.54, 1.807) is 19.2 Å². The maximum absolute atomic E-state index is 12.6. The van der Waals surface area contributed by atoms with Gasteiger partial charge in [-0.05, 0) is 31.5 Å². The molecule has 0 atom stereocenters. The second kappa shape index (κ2) is 7.21. The Labute approximate surface area is 147 Å². The molecule has 0 fully saturated rings. The van der Waals surface area contributed by atoms with Gasteiger partial charge in [0.1, 0.15) is 5.75 Å². The number of para-hydroxylation sites is 1. The fraction of sp³-hybridized carbons (Fsp3) is 0.200. The summed E-state index contributed by atoms with van der Waals surface area (Å²) < 4.78 is 7.17. The minimum Gasteiger partial charge on any atom is -0.496 e. The van der Waals surface area contributed by atoms with Crippen LogP contribution in [0.1, 0.15) is 27.3 Å². The van der Waals surface area contributed by atoms with Crippen molar-refractivity contribution in [1.82, 2.24) is 9.78 Å². The summed E-state index contributed by atoms with van der Waals surface area (Å²) in [4.78, 5) is 12.6. The standard InChI is InChI=1S/C20H21N3O2/c1-14-19(21-20(24)17-11-7-8-12-18(17)25-3)15(2)23(22-14)13-16-9-5-4-6-10-16/h4-12H,13H2,1-3H3,(H,21,24). The number of ether oxygens (including phenoxy) is 1. The Kier molecular flexibility index (Phi) is 4.84. The van der Waals surface area contributed by atoms with E-state index in [0.717, 1.165) is 22.6 Å². The predicted molar refractivity (Wildman–Crippen MR) is 98.2 cm³/mol. The summed E-state index contributed by atoms with van der Waals surface area (Å²) >= 11 is 0. The summed E-state index contributed by atoms with van der Waals surface area (Å²) in [5.74, 6) is 0.342. The second-order valence-corrected chi connectivity index (χ2v) is 5.84. The van der Waals surface area contributed by atoms with E-state index >= 15 is 0 Å². The van der Waals surface area contributed by atoms with Gasteiger partial charge in [-0.25, -0.2) is 0 Å². The summed E-state index contributed by atoms with van der Waals surface area (Å²) in [6.45, 7) is 4.52. The van der Waals surface area contributed by atoms with Crippen LogP contribution in [-0.4, -0.2) is 22.8 Å². The molecule has 5 heteroatoms. The molecule has 0 saturated heterocycles. The minimum atomic E-state index is -0.206. The van der Waals surface area contributed by atoms with Gasteiger partial charge in [0.25, 0.3) is 5.91 Å². The Morgan fingerprint density at radius 2 is 1.76 bits per heavy atom. The molecule has 1 N–H and O–H groups in total. The second-order valence-electron chi connectivity index (χ2n) is 5.84. The molecular formula is C20H21N3O2. The average Bonchev–Trinajstić information content (AvgIpc) is 2.90. The predicted octanol–water partition coefficient (Wildman–Crippen LogP) is 3.81. The molecule has 0 aliphatic carbocycles. The monoisotopic (exact) mass is 335 g/mol. The lowest BCUT2D eigenvalue weighted by atomic mass is 10.1. The molecule has 3 aromatic rings. The zero-order valence-corrected chi connectivity index (χ0v) is 14.6. The summed E-state index contributed by atoms with van der Waals surface area (Å²) in [6, 6.07) is 17.3. The molecule has 2 aromatic carbocycles. The zero-order chi connectivity index (χ0) is 17.8. The Balaban J connectivity index is 1.85. The lowest BCUT2D eigenvalue weighted by Crippen LogP contribution is -2.14. The van der Waals surface area contributed by atoms with Crippen molar-refractivity contribution in [3.05, 3.63) is 77.1 Å². The molecule has 1 amide bonds. The van der Waals surface area contributed by atoms with Gasteiger partial charge in [0.2, 0.25) is 0 Å². The first-order valence-electron chi connectivity index (χ1n) is 8.12. The first kappa shape index (κ1) is 16.8. The fourth-order valence-electron chi connectivity index (χ4n) is 2.80. The Hall–Kier alpha value is -3.08. The first-order chi connectivity index (χ1) is 12.1. The molecule has 0 aliphatic rings. The number of nitrogens with zero attached hydrogens (tertiary/aromatic N) is 2. The van der Waals surface area contributed by atoms with Crippen molar-refractivity contribution in [3.63, 3.8) is 0 Å². The first-order valence-corrected chi connectivity index (χ1v) is 8.12. The zero-order valence-electron chi connectivity index (χ0n) is 14.6. The van der Waals surface area contributed by atoms with Gasteiger partial charge >= 0.3 is 0 Å². The van der Waals surface area contributed by atoms with E-state index in [1.165, 1.54) is 0 Å². The molecule has 25 heavy (non-hydrogen) atoms. The topological polar surface area (TPSA) is 56.1 Å². The van der Waals surface area contributed by atoms with Crippen LogP contribution < -0.4 is 10.1 Å². The number of aromatic nitrogens is 2. The van der Waals surface area contributed by atoms with E-state index in [4.69, 9.17) is 4.74 Å². The molecular weight excluding hydrogens is 314 g/mol. The molecule has 0 spiro atoms. The van der Waals surface area contributed by atoms with Crippen LogP contribution in [0.5, 0.6) is 5.75 Å². The van der Waals surface area contributed by atoms with Crippen molar-refractivity contribution in [2.75, 3.05) is 12.4 Å². The summed E-state index contributed by atoms with van der Waals surface area (Å²) in [5.41, 5.74) is 4.11. The van der Waals surface area contributed by atoms with E-state index in [1.807, 2.05) is 48.9 Å². The number of nitrogens with one attached hydrogen (secondary N) is 1. The molecule has 0 aliphatic heterocycles. The highest BCUT2D eigenvalue weighted by molar-refractivity contribution is 6.06. The normalized spacial score (nSPS) is 10.5. The maximum atomic E-state index is 12.6. The number of aryl methyl sites for hydroxylation is 1. The van der Waals surface area contributed by atoms with Gasteiger partial charge in [0, 0.05) is 0 Å². The quantitative estimate of drug-likeness (QED) is 0.771. The number of benzene rings is 2. The van der Waals surface area contributed by atoms with Crippen molar-refractivity contribution < 1.29 is 9.53 Å². The Bertz CT molecular complexity index is 885. The smallest absolute Gasteiger partial charge is 0.259 e. The SMILES string of the molecule is COc1ccccc1C(=O)Nc1c(C)nn(Cc2ccccc2)c1C. The number of methoxy groups -OCH3 is 1. The van der Waals surface area contributed by atoms with Crippen molar-refractivity contribution in [2.24, 2.45) is 0 Å². The van der Waals surface area contributed by atoms with E-state index in [0.29, 0.717) is 17.9 Å². The van der Waals surface area contributed by atoms with Gasteiger partial charge in [0.15, 0.2) is 0 Å². The van der Waals surface area contributed by atoms with Crippen molar-refractivity contribution >= 4 is 11.6 Å². The van der Waals surface area contributed by atoms with Crippen LogP contribution in [0, 0.1) is 13.8 Å². The van der Waals surface area contributed by atoms with Crippen LogP contribution in [0.4, 0.5) is 5.69 Å². The van der Waals surface area contributed by atoms with Gasteiger partial charge in [-0.15, -0.1) is 0 Å². The third kappa shape index (κ3) is 3.55. The summed E-state index contributed by atoms with van der Waals surface area (Å²) in [5, 5.41) is 7.54. The number of anilines is 1. The van der Waals surface area contributed by atoms with Crippen molar-refractivity contribution in [2.45, 2.75) is 20.4 Å². The molecule has 128 valence electrons.